The summed E-state index contributed by atoms with van der Waals surface area (Å²) >= 11 is 5.28. The van der Waals surface area contributed by atoms with Gasteiger partial charge in [-0.2, -0.15) is 0 Å². The van der Waals surface area contributed by atoms with E-state index in [1.165, 1.54) is 12.5 Å². The van der Waals surface area contributed by atoms with Crippen LogP contribution in [0.1, 0.15) is 0 Å². The molecule has 0 unspecified atom stereocenters. The van der Waals surface area contributed by atoms with Crippen LogP contribution in [0.4, 0.5) is 0 Å². The second-order valence-electron chi connectivity index (χ2n) is 0.845. The predicted molar refractivity (Wildman–Crippen MR) is 24.6 cm³/mol. The summed E-state index contributed by atoms with van der Waals surface area (Å²) in [5.41, 5.74) is 0. The average Bonchev–Trinajstić information content (AvgIpc) is 1.86. The molecule has 0 amide bonds. The van der Waals surface area contributed by atoms with E-state index in [0.717, 1.165) is 0 Å². The molecule has 1 rings (SSSR count). The van der Waals surface area contributed by atoms with Gasteiger partial charge in [-0.25, -0.2) is 10.3 Å². The second-order valence-corrected chi connectivity index (χ2v) is 1.23. The summed E-state index contributed by atoms with van der Waals surface area (Å²) in [6.45, 7) is 0. The van der Waals surface area contributed by atoms with Gasteiger partial charge >= 0.3 is 0 Å². The largest absolute Gasteiger partial charge is 0.242 e. The molecule has 1 aliphatic rings. The quantitative estimate of drug-likeness (QED) is 0.401. The fourth-order valence-corrected chi connectivity index (χ4v) is 0.317. The third kappa shape index (κ3) is 0.518. The van der Waals surface area contributed by atoms with E-state index in [9.17, 15) is 0 Å². The van der Waals surface area contributed by atoms with Crippen LogP contribution in [0.2, 0.25) is 0 Å². The third-order valence-electron chi connectivity index (χ3n) is 0.429. The van der Waals surface area contributed by atoms with Crippen molar-refractivity contribution in [1.29, 1.82) is 0 Å². The van der Waals surface area contributed by atoms with E-state index >= 15 is 0 Å². The highest BCUT2D eigenvalue weighted by Gasteiger charge is 1.91. The minimum Gasteiger partial charge on any atom is -0.242 e. The molecule has 0 N–H and O–H groups in total. The number of hydrogen-bond donors (Lipinski definition) is 0. The maximum Gasteiger partial charge on any atom is 0.149 e. The molecule has 0 spiro atoms. The van der Waals surface area contributed by atoms with Gasteiger partial charge < -0.3 is 0 Å². The van der Waals surface area contributed by atoms with Crippen molar-refractivity contribution in [1.82, 2.24) is 5.32 Å². The molecule has 31 valence electrons. The van der Waals surface area contributed by atoms with E-state index in [1.807, 2.05) is 0 Å². The Kier molecular flexibility index (Phi) is 0.801. The fourth-order valence-electron chi connectivity index (χ4n) is 0.217. The van der Waals surface area contributed by atoms with Crippen LogP contribution in [0.15, 0.2) is 16.3 Å². The zero-order chi connectivity index (χ0) is 4.41. The van der Waals surface area contributed by atoms with E-state index in [-0.39, 0.29) is 0 Å². The maximum atomic E-state index is 5.28. The van der Waals surface area contributed by atoms with Crippen molar-refractivity contribution in [2.24, 2.45) is 4.99 Å². The highest BCUT2D eigenvalue weighted by Crippen LogP contribution is 1.99. The minimum atomic E-state index is 0.454. The van der Waals surface area contributed by atoms with Crippen LogP contribution in [0, 0.1) is 0 Å². The van der Waals surface area contributed by atoms with Gasteiger partial charge in [0.1, 0.15) is 11.5 Å². The Morgan fingerprint density at radius 2 is 2.50 bits per heavy atom. The van der Waals surface area contributed by atoms with Crippen LogP contribution in [-0.2, 0) is 0 Å². The molecule has 1 aliphatic heterocycles. The van der Waals surface area contributed by atoms with Crippen molar-refractivity contribution in [3.05, 3.63) is 11.4 Å². The topological polar surface area (TPSA) is 26.5 Å². The molecule has 0 bridgehead atoms. The fraction of sp³-hybridized carbons (Fsp3) is 0. The SMILES string of the molecule is ClC1=CN=C[N]1. The highest BCUT2D eigenvalue weighted by atomic mass is 35.5. The van der Waals surface area contributed by atoms with E-state index in [0.29, 0.717) is 5.16 Å². The van der Waals surface area contributed by atoms with Gasteiger partial charge in [0, 0.05) is 0 Å². The smallest absolute Gasteiger partial charge is 0.149 e. The highest BCUT2D eigenvalue weighted by molar-refractivity contribution is 6.30. The van der Waals surface area contributed by atoms with Crippen molar-refractivity contribution >= 4 is 17.9 Å². The zero-order valence-corrected chi connectivity index (χ0v) is 3.68. The van der Waals surface area contributed by atoms with E-state index in [1.54, 1.807) is 0 Å². The predicted octanol–water partition coefficient (Wildman–Crippen LogP) is 0.670. The van der Waals surface area contributed by atoms with Gasteiger partial charge in [-0.1, -0.05) is 11.6 Å². The first kappa shape index (κ1) is 3.68. The van der Waals surface area contributed by atoms with Gasteiger partial charge in [-0.05, 0) is 0 Å². The number of rotatable bonds is 0. The lowest BCUT2D eigenvalue weighted by molar-refractivity contribution is 1.30. The Bertz CT molecular complexity index is 105. The van der Waals surface area contributed by atoms with Crippen molar-refractivity contribution in [3.63, 3.8) is 0 Å². The van der Waals surface area contributed by atoms with Gasteiger partial charge in [-0.3, -0.25) is 0 Å². The van der Waals surface area contributed by atoms with Crippen LogP contribution >= 0.6 is 11.6 Å². The molecule has 1 radical (unpaired) electrons. The molecule has 6 heavy (non-hydrogen) atoms. The number of halogens is 1. The first-order chi connectivity index (χ1) is 2.89. The summed E-state index contributed by atoms with van der Waals surface area (Å²) < 4.78 is 0. The Morgan fingerprint density at radius 3 is 2.67 bits per heavy atom. The Balaban J connectivity index is 2.61. The molecule has 0 atom stereocenters. The maximum absolute atomic E-state index is 5.28. The van der Waals surface area contributed by atoms with Crippen LogP contribution in [-0.4, -0.2) is 6.34 Å². The Morgan fingerprint density at radius 1 is 1.67 bits per heavy atom. The van der Waals surface area contributed by atoms with Gasteiger partial charge in [-0.15, -0.1) is 0 Å². The first-order valence-electron chi connectivity index (χ1n) is 1.48. The van der Waals surface area contributed by atoms with Gasteiger partial charge in [0.2, 0.25) is 0 Å². The van der Waals surface area contributed by atoms with Gasteiger partial charge in [0.15, 0.2) is 0 Å². The molecule has 2 nitrogen and oxygen atoms in total. The molecule has 0 saturated carbocycles. The summed E-state index contributed by atoms with van der Waals surface area (Å²) in [6.07, 6.45) is 2.89. The molecule has 0 saturated heterocycles. The van der Waals surface area contributed by atoms with Crippen molar-refractivity contribution in [2.75, 3.05) is 0 Å². The first-order valence-corrected chi connectivity index (χ1v) is 1.85. The summed E-state index contributed by atoms with van der Waals surface area (Å²) in [6, 6.07) is 0. The summed E-state index contributed by atoms with van der Waals surface area (Å²) in [5.74, 6) is 0. The molecule has 0 aromatic carbocycles. The van der Waals surface area contributed by atoms with Gasteiger partial charge in [0.25, 0.3) is 0 Å². The standard InChI is InChI=1S/C3H2ClN2/c4-3-1-5-2-6-3/h1-2H. The molecular formula is C3H2ClN2. The molecule has 0 aromatic rings. The lowest BCUT2D eigenvalue weighted by atomic mass is 10.9. The third-order valence-corrected chi connectivity index (χ3v) is 0.624. The minimum absolute atomic E-state index is 0.454. The van der Waals surface area contributed by atoms with Crippen molar-refractivity contribution in [3.8, 4) is 0 Å². The lowest BCUT2D eigenvalue weighted by Gasteiger charge is -1.74. The Hall–Kier alpha value is -0.500. The number of aliphatic imine (C=N–C) groups is 1. The van der Waals surface area contributed by atoms with E-state index in [4.69, 9.17) is 11.6 Å². The van der Waals surface area contributed by atoms with Crippen LogP contribution < -0.4 is 5.32 Å². The molecular weight excluding hydrogens is 99.5 g/mol. The van der Waals surface area contributed by atoms with E-state index < -0.39 is 0 Å². The van der Waals surface area contributed by atoms with E-state index in [2.05, 4.69) is 10.3 Å². The number of hydrogen-bond acceptors (Lipinski definition) is 1. The van der Waals surface area contributed by atoms with Crippen molar-refractivity contribution in [2.45, 2.75) is 0 Å². The zero-order valence-electron chi connectivity index (χ0n) is 2.93. The normalized spacial score (nSPS) is 17.2. The molecule has 0 aromatic heterocycles. The molecule has 3 heteroatoms. The number of nitrogens with zero attached hydrogens (tertiary/aromatic N) is 2. The average molecular weight is 102 g/mol. The van der Waals surface area contributed by atoms with Crippen LogP contribution in [0.25, 0.3) is 0 Å². The lowest BCUT2D eigenvalue weighted by Crippen LogP contribution is -1.87. The van der Waals surface area contributed by atoms with Crippen molar-refractivity contribution < 1.29 is 0 Å². The summed E-state index contributed by atoms with van der Waals surface area (Å²) in [4.78, 5) is 3.58. The van der Waals surface area contributed by atoms with Crippen LogP contribution in [0.3, 0.4) is 0 Å². The van der Waals surface area contributed by atoms with Crippen LogP contribution in [0.5, 0.6) is 0 Å². The molecule has 0 aliphatic carbocycles. The molecule has 1 heterocycles. The second kappa shape index (κ2) is 1.30. The molecule has 0 fully saturated rings. The Labute approximate surface area is 40.5 Å². The summed E-state index contributed by atoms with van der Waals surface area (Å²) in [7, 11) is 0. The van der Waals surface area contributed by atoms with Gasteiger partial charge in [0.05, 0.1) is 6.20 Å². The monoisotopic (exact) mass is 101 g/mol. The summed E-state index contributed by atoms with van der Waals surface area (Å²) in [5, 5.41) is 4.02.